The van der Waals surface area contributed by atoms with Crippen LogP contribution in [0.3, 0.4) is 0 Å². The highest BCUT2D eigenvalue weighted by Gasteiger charge is 2.35. The van der Waals surface area contributed by atoms with Crippen LogP contribution in [0.5, 0.6) is 0 Å². The van der Waals surface area contributed by atoms with Gasteiger partial charge in [-0.2, -0.15) is 0 Å². The van der Waals surface area contributed by atoms with E-state index in [4.69, 9.17) is 4.74 Å². The lowest BCUT2D eigenvalue weighted by atomic mass is 10.1. The van der Waals surface area contributed by atoms with Gasteiger partial charge in [0.2, 0.25) is 0 Å². The second-order valence-electron chi connectivity index (χ2n) is 2.60. The minimum atomic E-state index is -0.762. The summed E-state index contributed by atoms with van der Waals surface area (Å²) in [5.41, 5.74) is -0.762. The second-order valence-corrected chi connectivity index (χ2v) is 2.60. The van der Waals surface area contributed by atoms with E-state index in [-0.39, 0.29) is 0 Å². The lowest BCUT2D eigenvalue weighted by Crippen LogP contribution is -2.29. The summed E-state index contributed by atoms with van der Waals surface area (Å²) in [6.07, 6.45) is 4.08. The van der Waals surface area contributed by atoms with Crippen molar-refractivity contribution in [2.75, 3.05) is 0 Å². The molecule has 0 aromatic rings. The third-order valence-corrected chi connectivity index (χ3v) is 1.95. The Kier molecular flexibility index (Phi) is 2.04. The molecule has 0 spiro atoms. The molecule has 0 bridgehead atoms. The Morgan fingerprint density at radius 3 is 2.20 bits per heavy atom. The third kappa shape index (κ3) is 1.17. The Morgan fingerprint density at radius 1 is 1.20 bits per heavy atom. The quantitative estimate of drug-likeness (QED) is 0.544. The maximum absolute atomic E-state index is 10.4. The van der Waals surface area contributed by atoms with Crippen LogP contribution in [0.1, 0.15) is 25.7 Å². The Bertz CT molecular complexity index is 136. The van der Waals surface area contributed by atoms with Crippen molar-refractivity contribution in [2.24, 2.45) is 0 Å². The summed E-state index contributed by atoms with van der Waals surface area (Å²) in [7, 11) is 0. The predicted octanol–water partition coefficient (Wildman–Crippen LogP) is 0.671. The topological polar surface area (TPSA) is 43.4 Å². The molecule has 1 aliphatic rings. The smallest absolute Gasteiger partial charge is 0.294 e. The van der Waals surface area contributed by atoms with Gasteiger partial charge in [-0.3, -0.25) is 9.59 Å². The molecule has 3 nitrogen and oxygen atoms in total. The molecule has 0 saturated heterocycles. The maximum atomic E-state index is 10.4. The number of hydrogen-bond acceptors (Lipinski definition) is 3. The summed E-state index contributed by atoms with van der Waals surface area (Å²) in [6.45, 7) is 0.361. The fourth-order valence-corrected chi connectivity index (χ4v) is 1.33. The molecule has 56 valence electrons. The first kappa shape index (κ1) is 7.25. The van der Waals surface area contributed by atoms with E-state index >= 15 is 0 Å². The fourth-order valence-electron chi connectivity index (χ4n) is 1.33. The van der Waals surface area contributed by atoms with Crippen LogP contribution in [0, 0.1) is 0 Å². The molecule has 0 aromatic carbocycles. The summed E-state index contributed by atoms with van der Waals surface area (Å²) in [4.78, 5) is 20.4. The van der Waals surface area contributed by atoms with Gasteiger partial charge in [-0.15, -0.1) is 0 Å². The summed E-state index contributed by atoms with van der Waals surface area (Å²) < 4.78 is 4.69. The van der Waals surface area contributed by atoms with E-state index < -0.39 is 5.60 Å². The Labute approximate surface area is 59.4 Å². The van der Waals surface area contributed by atoms with Crippen molar-refractivity contribution >= 4 is 12.8 Å². The summed E-state index contributed by atoms with van der Waals surface area (Å²) in [5.74, 6) is 0. The predicted molar refractivity (Wildman–Crippen MR) is 34.4 cm³/mol. The molecule has 3 heteroatoms. The molecule has 1 aliphatic carbocycles. The molecule has 0 unspecified atom stereocenters. The van der Waals surface area contributed by atoms with E-state index in [1.165, 1.54) is 0 Å². The molecule has 0 N–H and O–H groups in total. The molecule has 0 aromatic heterocycles. The van der Waals surface area contributed by atoms with Crippen LogP contribution >= 0.6 is 0 Å². The van der Waals surface area contributed by atoms with E-state index in [2.05, 4.69) is 0 Å². The first-order valence-electron chi connectivity index (χ1n) is 3.41. The van der Waals surface area contributed by atoms with Gasteiger partial charge in [0.15, 0.2) is 11.9 Å². The van der Waals surface area contributed by atoms with Crippen molar-refractivity contribution in [1.29, 1.82) is 0 Å². The van der Waals surface area contributed by atoms with Crippen LogP contribution in [0.15, 0.2) is 0 Å². The highest BCUT2D eigenvalue weighted by molar-refractivity contribution is 5.65. The summed E-state index contributed by atoms with van der Waals surface area (Å²) in [5, 5.41) is 0. The first-order valence-corrected chi connectivity index (χ1v) is 3.41. The van der Waals surface area contributed by atoms with Crippen LogP contribution < -0.4 is 0 Å². The van der Waals surface area contributed by atoms with Crippen molar-refractivity contribution in [2.45, 2.75) is 31.3 Å². The van der Waals surface area contributed by atoms with Crippen LogP contribution in [0.25, 0.3) is 0 Å². The van der Waals surface area contributed by atoms with Gasteiger partial charge in [-0.1, -0.05) is 0 Å². The average molecular weight is 142 g/mol. The van der Waals surface area contributed by atoms with Crippen molar-refractivity contribution in [3.8, 4) is 0 Å². The van der Waals surface area contributed by atoms with Crippen molar-refractivity contribution in [1.82, 2.24) is 0 Å². The van der Waals surface area contributed by atoms with Gasteiger partial charge in [0, 0.05) is 0 Å². The van der Waals surface area contributed by atoms with Crippen LogP contribution in [-0.4, -0.2) is 18.4 Å². The van der Waals surface area contributed by atoms with E-state index in [0.29, 0.717) is 19.3 Å². The Morgan fingerprint density at radius 2 is 1.80 bits per heavy atom. The van der Waals surface area contributed by atoms with Gasteiger partial charge in [0.05, 0.1) is 0 Å². The van der Waals surface area contributed by atoms with E-state index in [0.717, 1.165) is 19.1 Å². The second kappa shape index (κ2) is 2.82. The summed E-state index contributed by atoms with van der Waals surface area (Å²) in [6, 6.07) is 0. The van der Waals surface area contributed by atoms with Gasteiger partial charge in [-0.25, -0.2) is 0 Å². The lowest BCUT2D eigenvalue weighted by Gasteiger charge is -2.18. The monoisotopic (exact) mass is 142 g/mol. The standard InChI is InChI=1S/C7H10O3/c8-5-7(10-6-9)3-1-2-4-7/h5-6H,1-4H2. The fraction of sp³-hybridized carbons (Fsp3) is 0.714. The van der Waals surface area contributed by atoms with E-state index in [1.807, 2.05) is 0 Å². The normalized spacial score (nSPS) is 22.0. The highest BCUT2D eigenvalue weighted by Crippen LogP contribution is 2.30. The van der Waals surface area contributed by atoms with E-state index in [1.54, 1.807) is 0 Å². The van der Waals surface area contributed by atoms with Gasteiger partial charge >= 0.3 is 0 Å². The van der Waals surface area contributed by atoms with Crippen molar-refractivity contribution < 1.29 is 14.3 Å². The zero-order valence-corrected chi connectivity index (χ0v) is 5.71. The van der Waals surface area contributed by atoms with Crippen LogP contribution in [0.4, 0.5) is 0 Å². The average Bonchev–Trinajstić information content (AvgIpc) is 2.39. The lowest BCUT2D eigenvalue weighted by molar-refractivity contribution is -0.149. The van der Waals surface area contributed by atoms with Crippen molar-refractivity contribution in [3.63, 3.8) is 0 Å². The molecule has 1 rings (SSSR count). The number of hydrogen-bond donors (Lipinski definition) is 0. The van der Waals surface area contributed by atoms with Gasteiger partial charge in [-0.05, 0) is 25.7 Å². The van der Waals surface area contributed by atoms with Crippen LogP contribution in [-0.2, 0) is 14.3 Å². The Balaban J connectivity index is 2.57. The number of carbonyl (C=O) groups is 2. The number of carbonyl (C=O) groups excluding carboxylic acids is 2. The molecule has 10 heavy (non-hydrogen) atoms. The molecular formula is C7H10O3. The largest absolute Gasteiger partial charge is 0.454 e. The SMILES string of the molecule is O=COC1(C=O)CCCC1. The molecule has 0 radical (unpaired) electrons. The van der Waals surface area contributed by atoms with Gasteiger partial charge < -0.3 is 4.74 Å². The Hall–Kier alpha value is -0.860. The van der Waals surface area contributed by atoms with Crippen LogP contribution in [0.2, 0.25) is 0 Å². The zero-order valence-electron chi connectivity index (χ0n) is 5.71. The highest BCUT2D eigenvalue weighted by atomic mass is 16.5. The molecule has 0 atom stereocenters. The van der Waals surface area contributed by atoms with Gasteiger partial charge in [0.1, 0.15) is 0 Å². The van der Waals surface area contributed by atoms with Crippen molar-refractivity contribution in [3.05, 3.63) is 0 Å². The zero-order chi connectivity index (χ0) is 7.45. The summed E-state index contributed by atoms with van der Waals surface area (Å²) >= 11 is 0. The maximum Gasteiger partial charge on any atom is 0.294 e. The number of rotatable bonds is 3. The molecule has 1 fully saturated rings. The first-order chi connectivity index (χ1) is 4.83. The van der Waals surface area contributed by atoms with E-state index in [9.17, 15) is 9.59 Å². The minimum Gasteiger partial charge on any atom is -0.454 e. The molecule has 0 aliphatic heterocycles. The number of ether oxygens (including phenoxy) is 1. The molecular weight excluding hydrogens is 132 g/mol. The number of aldehydes is 1. The minimum absolute atomic E-state index is 0.361. The van der Waals surface area contributed by atoms with Gasteiger partial charge in [0.25, 0.3) is 6.47 Å². The molecule has 0 amide bonds. The third-order valence-electron chi connectivity index (χ3n) is 1.95. The molecule has 0 heterocycles. The molecule has 1 saturated carbocycles.